The lowest BCUT2D eigenvalue weighted by atomic mass is 10.2. The molecule has 1 N–H and O–H groups in total. The number of thiophene rings is 1. The molecule has 6 nitrogen and oxygen atoms in total. The summed E-state index contributed by atoms with van der Waals surface area (Å²) in [5, 5.41) is 3.57. The van der Waals surface area contributed by atoms with E-state index in [2.05, 4.69) is 5.32 Å². The summed E-state index contributed by atoms with van der Waals surface area (Å²) in [6.07, 6.45) is 0. The highest BCUT2D eigenvalue weighted by atomic mass is 32.2. The molecule has 3 rings (SSSR count). The number of carbonyl (C=O) groups is 3. The first kappa shape index (κ1) is 17.8. The van der Waals surface area contributed by atoms with Crippen LogP contribution in [0.1, 0.15) is 9.67 Å². The van der Waals surface area contributed by atoms with Crippen LogP contribution in [0, 0.1) is 0 Å². The molecule has 1 fully saturated rings. The van der Waals surface area contributed by atoms with E-state index in [0.29, 0.717) is 21.5 Å². The number of fused-ring (bicyclic) bond motifs is 1. The number of rotatable bonds is 6. The Bertz CT molecular complexity index is 800. The molecule has 2 amide bonds. The van der Waals surface area contributed by atoms with Gasteiger partial charge in [-0.05, 0) is 17.5 Å². The van der Waals surface area contributed by atoms with Crippen molar-refractivity contribution in [1.29, 1.82) is 0 Å². The minimum absolute atomic E-state index is 0.0551. The molecule has 0 bridgehead atoms. The summed E-state index contributed by atoms with van der Waals surface area (Å²) in [6, 6.07) is 9.38. The van der Waals surface area contributed by atoms with Gasteiger partial charge in [-0.3, -0.25) is 14.5 Å². The van der Waals surface area contributed by atoms with E-state index in [1.54, 1.807) is 6.07 Å². The van der Waals surface area contributed by atoms with Gasteiger partial charge in [-0.2, -0.15) is 0 Å². The van der Waals surface area contributed by atoms with Gasteiger partial charge in [0, 0.05) is 17.8 Å². The molecule has 1 aliphatic rings. The highest BCUT2D eigenvalue weighted by Gasteiger charge is 2.26. The van der Waals surface area contributed by atoms with Crippen molar-refractivity contribution >= 4 is 67.5 Å². The molecular weight excluding hydrogens is 380 g/mol. The first-order chi connectivity index (χ1) is 12.0. The van der Waals surface area contributed by atoms with Crippen LogP contribution < -0.4 is 5.32 Å². The lowest BCUT2D eigenvalue weighted by molar-refractivity contribution is -0.126. The maximum Gasteiger partial charge on any atom is 0.348 e. The largest absolute Gasteiger partial charge is 0.451 e. The standard InChI is InChI=1S/C16H14N2O4S3/c19-13(17-5-6-18-14(20)9-24-16(18)23)8-22-15(21)12-7-10-3-1-2-4-11(10)25-12/h1-4,7H,5-6,8-9H2,(H,17,19). The fraction of sp³-hybridized carbons (Fsp3) is 0.250. The third-order valence-electron chi connectivity index (χ3n) is 3.46. The lowest BCUT2D eigenvalue weighted by Crippen LogP contribution is -2.38. The summed E-state index contributed by atoms with van der Waals surface area (Å²) < 4.78 is 6.55. The van der Waals surface area contributed by atoms with Crippen LogP contribution in [0.25, 0.3) is 10.1 Å². The van der Waals surface area contributed by atoms with Crippen molar-refractivity contribution in [2.45, 2.75) is 0 Å². The summed E-state index contributed by atoms with van der Waals surface area (Å²) in [6.45, 7) is 0.215. The first-order valence-corrected chi connectivity index (χ1v) is 9.65. The van der Waals surface area contributed by atoms with E-state index in [4.69, 9.17) is 17.0 Å². The number of carbonyl (C=O) groups excluding carboxylic acids is 3. The van der Waals surface area contributed by atoms with E-state index in [1.807, 2.05) is 24.3 Å². The Morgan fingerprint density at radius 2 is 2.12 bits per heavy atom. The smallest absolute Gasteiger partial charge is 0.348 e. The molecule has 2 heterocycles. The number of ether oxygens (including phenoxy) is 1. The topological polar surface area (TPSA) is 75.7 Å². The molecule has 1 saturated heterocycles. The minimum Gasteiger partial charge on any atom is -0.451 e. The zero-order chi connectivity index (χ0) is 17.8. The predicted molar refractivity (Wildman–Crippen MR) is 102 cm³/mol. The van der Waals surface area contributed by atoms with Crippen molar-refractivity contribution in [3.63, 3.8) is 0 Å². The van der Waals surface area contributed by atoms with Crippen molar-refractivity contribution in [2.24, 2.45) is 0 Å². The molecule has 0 unspecified atom stereocenters. The SMILES string of the molecule is O=C(COC(=O)c1cc2ccccc2s1)NCCN1C(=O)CSC1=S. The van der Waals surface area contributed by atoms with Gasteiger partial charge in [-0.15, -0.1) is 11.3 Å². The zero-order valence-electron chi connectivity index (χ0n) is 13.0. The zero-order valence-corrected chi connectivity index (χ0v) is 15.5. The van der Waals surface area contributed by atoms with Crippen molar-refractivity contribution in [2.75, 3.05) is 25.4 Å². The molecule has 130 valence electrons. The molecule has 1 aromatic heterocycles. The quantitative estimate of drug-likeness (QED) is 0.597. The van der Waals surface area contributed by atoms with Gasteiger partial charge >= 0.3 is 5.97 Å². The summed E-state index contributed by atoms with van der Waals surface area (Å²) in [7, 11) is 0. The molecule has 0 atom stereocenters. The van der Waals surface area contributed by atoms with Crippen LogP contribution in [-0.4, -0.2) is 52.5 Å². The number of hydrogen-bond donors (Lipinski definition) is 1. The highest BCUT2D eigenvalue weighted by Crippen LogP contribution is 2.25. The van der Waals surface area contributed by atoms with Crippen molar-refractivity contribution < 1.29 is 19.1 Å². The lowest BCUT2D eigenvalue weighted by Gasteiger charge is -2.14. The number of hydrogen-bond acceptors (Lipinski definition) is 7. The number of amides is 2. The number of thiocarbonyl (C=S) groups is 1. The fourth-order valence-electron chi connectivity index (χ4n) is 2.24. The molecule has 1 aromatic carbocycles. The minimum atomic E-state index is -0.524. The maximum absolute atomic E-state index is 12.0. The predicted octanol–water partition coefficient (Wildman–Crippen LogP) is 2.03. The van der Waals surface area contributed by atoms with E-state index < -0.39 is 11.9 Å². The van der Waals surface area contributed by atoms with Crippen LogP contribution in [-0.2, 0) is 14.3 Å². The fourth-order valence-corrected chi connectivity index (χ4v) is 4.32. The number of esters is 1. The molecule has 9 heteroatoms. The first-order valence-electron chi connectivity index (χ1n) is 7.44. The summed E-state index contributed by atoms with van der Waals surface area (Å²) in [5.41, 5.74) is 0. The number of benzene rings is 1. The van der Waals surface area contributed by atoms with Crippen LogP contribution in [0.2, 0.25) is 0 Å². The van der Waals surface area contributed by atoms with Gasteiger partial charge in [0.05, 0.1) is 5.75 Å². The van der Waals surface area contributed by atoms with E-state index in [0.717, 1.165) is 10.1 Å². The monoisotopic (exact) mass is 394 g/mol. The van der Waals surface area contributed by atoms with Gasteiger partial charge in [0.2, 0.25) is 5.91 Å². The van der Waals surface area contributed by atoms with Gasteiger partial charge < -0.3 is 10.1 Å². The summed E-state index contributed by atoms with van der Waals surface area (Å²) in [4.78, 5) is 37.2. The average Bonchev–Trinajstić information content (AvgIpc) is 3.17. The highest BCUT2D eigenvalue weighted by molar-refractivity contribution is 8.23. The van der Waals surface area contributed by atoms with Crippen LogP contribution in [0.15, 0.2) is 30.3 Å². The second-order valence-corrected chi connectivity index (χ2v) is 7.87. The van der Waals surface area contributed by atoms with E-state index >= 15 is 0 Å². The van der Waals surface area contributed by atoms with Crippen molar-refractivity contribution in [1.82, 2.24) is 10.2 Å². The van der Waals surface area contributed by atoms with Gasteiger partial charge in [0.1, 0.15) is 9.20 Å². The Kier molecular flexibility index (Phi) is 5.67. The van der Waals surface area contributed by atoms with Crippen LogP contribution >= 0.6 is 35.3 Å². The van der Waals surface area contributed by atoms with Gasteiger partial charge in [0.25, 0.3) is 5.91 Å². The normalized spacial score (nSPS) is 14.2. The van der Waals surface area contributed by atoms with Crippen molar-refractivity contribution in [3.8, 4) is 0 Å². The Balaban J connectivity index is 1.43. The maximum atomic E-state index is 12.0. The van der Waals surface area contributed by atoms with E-state index in [-0.39, 0.29) is 19.1 Å². The van der Waals surface area contributed by atoms with Gasteiger partial charge in [-0.1, -0.05) is 42.2 Å². The Morgan fingerprint density at radius 1 is 1.32 bits per heavy atom. The number of nitrogens with one attached hydrogen (secondary N) is 1. The summed E-state index contributed by atoms with van der Waals surface area (Å²) >= 11 is 7.69. The molecule has 2 aromatic rings. The number of thioether (sulfide) groups is 1. The van der Waals surface area contributed by atoms with Gasteiger partial charge in [0.15, 0.2) is 6.61 Å². The molecule has 1 aliphatic heterocycles. The second-order valence-electron chi connectivity index (χ2n) is 5.17. The third-order valence-corrected chi connectivity index (χ3v) is 5.99. The molecule has 0 spiro atoms. The third kappa shape index (κ3) is 4.36. The molecule has 0 aliphatic carbocycles. The van der Waals surface area contributed by atoms with Crippen molar-refractivity contribution in [3.05, 3.63) is 35.2 Å². The van der Waals surface area contributed by atoms with Gasteiger partial charge in [-0.25, -0.2) is 4.79 Å². The Labute approximate surface area is 157 Å². The van der Waals surface area contributed by atoms with E-state index in [9.17, 15) is 14.4 Å². The Hall–Kier alpha value is -1.97. The van der Waals surface area contributed by atoms with Crippen LogP contribution in [0.3, 0.4) is 0 Å². The van der Waals surface area contributed by atoms with Crippen LogP contribution in [0.4, 0.5) is 0 Å². The van der Waals surface area contributed by atoms with Crippen LogP contribution in [0.5, 0.6) is 0 Å². The summed E-state index contributed by atoms with van der Waals surface area (Å²) in [5.74, 6) is -0.650. The average molecular weight is 394 g/mol. The molecule has 0 radical (unpaired) electrons. The molecular formula is C16H14N2O4S3. The number of nitrogens with zero attached hydrogens (tertiary/aromatic N) is 1. The molecule has 0 saturated carbocycles. The van der Waals surface area contributed by atoms with E-state index in [1.165, 1.54) is 28.0 Å². The molecule has 25 heavy (non-hydrogen) atoms. The second kappa shape index (κ2) is 7.94. The Morgan fingerprint density at radius 3 is 2.84 bits per heavy atom.